The number of hydrogen-bond donors (Lipinski definition) is 2. The van der Waals surface area contributed by atoms with Crippen LogP contribution < -0.4 is 5.48 Å². The van der Waals surface area contributed by atoms with Crippen LogP contribution in [-0.4, -0.2) is 11.8 Å². The zero-order valence-electron chi connectivity index (χ0n) is 6.76. The van der Waals surface area contributed by atoms with Gasteiger partial charge in [-0.2, -0.15) is 0 Å². The van der Waals surface area contributed by atoms with Gasteiger partial charge in [-0.25, -0.2) is 5.48 Å². The number of rotatable bonds is 4. The number of benzene rings is 1. The highest BCUT2D eigenvalue weighted by molar-refractivity contribution is 6.30. The van der Waals surface area contributed by atoms with Gasteiger partial charge in [0.05, 0.1) is 0 Å². The molecule has 2 nitrogen and oxygen atoms in total. The molecule has 12 heavy (non-hydrogen) atoms. The van der Waals surface area contributed by atoms with Crippen molar-refractivity contribution < 1.29 is 5.21 Å². The molecule has 0 unspecified atom stereocenters. The van der Waals surface area contributed by atoms with Crippen LogP contribution in [0.5, 0.6) is 0 Å². The van der Waals surface area contributed by atoms with E-state index in [2.05, 4.69) is 5.48 Å². The predicted octanol–water partition coefficient (Wildman–Crippen LogP) is 2.25. The van der Waals surface area contributed by atoms with Crippen molar-refractivity contribution in [2.45, 2.75) is 12.8 Å². The van der Waals surface area contributed by atoms with Gasteiger partial charge in [-0.1, -0.05) is 23.7 Å². The molecule has 0 heterocycles. The normalized spacial score (nSPS) is 10.2. The molecule has 0 aromatic heterocycles. The van der Waals surface area contributed by atoms with Crippen LogP contribution in [0.25, 0.3) is 0 Å². The van der Waals surface area contributed by atoms with Gasteiger partial charge < -0.3 is 5.21 Å². The average Bonchev–Trinajstić information content (AvgIpc) is 2.09. The molecule has 0 saturated heterocycles. The minimum Gasteiger partial charge on any atom is -0.317 e. The zero-order chi connectivity index (χ0) is 8.81. The summed E-state index contributed by atoms with van der Waals surface area (Å²) in [5.41, 5.74) is 3.37. The van der Waals surface area contributed by atoms with E-state index in [1.807, 2.05) is 24.3 Å². The summed E-state index contributed by atoms with van der Waals surface area (Å²) in [6.45, 7) is 0.628. The molecular weight excluding hydrogens is 174 g/mol. The molecule has 0 aliphatic heterocycles. The molecule has 0 fully saturated rings. The van der Waals surface area contributed by atoms with Crippen molar-refractivity contribution in [1.82, 2.24) is 5.48 Å². The molecule has 0 spiro atoms. The molecule has 1 aromatic carbocycles. The van der Waals surface area contributed by atoms with E-state index in [4.69, 9.17) is 16.8 Å². The number of hydrogen-bond acceptors (Lipinski definition) is 2. The van der Waals surface area contributed by atoms with E-state index in [-0.39, 0.29) is 0 Å². The Morgan fingerprint density at radius 2 is 1.92 bits per heavy atom. The van der Waals surface area contributed by atoms with E-state index in [1.54, 1.807) is 0 Å². The fourth-order valence-corrected chi connectivity index (χ4v) is 1.15. The third kappa shape index (κ3) is 3.22. The SMILES string of the molecule is ONCCCc1ccc(Cl)cc1. The van der Waals surface area contributed by atoms with Crippen LogP contribution in [0, 0.1) is 0 Å². The van der Waals surface area contributed by atoms with Gasteiger partial charge in [-0.15, -0.1) is 0 Å². The monoisotopic (exact) mass is 185 g/mol. The lowest BCUT2D eigenvalue weighted by Crippen LogP contribution is -2.09. The Labute approximate surface area is 77.1 Å². The summed E-state index contributed by atoms with van der Waals surface area (Å²) < 4.78 is 0. The standard InChI is InChI=1S/C9H12ClNO/c10-9-5-3-8(4-6-9)2-1-7-11-12/h3-6,11-12H,1-2,7H2. The number of nitrogens with one attached hydrogen (secondary N) is 1. The van der Waals surface area contributed by atoms with E-state index in [0.29, 0.717) is 6.54 Å². The number of aryl methyl sites for hydroxylation is 1. The molecule has 1 aromatic rings. The lowest BCUT2D eigenvalue weighted by molar-refractivity contribution is 0.166. The molecule has 0 atom stereocenters. The first-order chi connectivity index (χ1) is 5.83. The Kier molecular flexibility index (Phi) is 4.08. The van der Waals surface area contributed by atoms with Crippen molar-refractivity contribution >= 4 is 11.6 Å². The second-order valence-electron chi connectivity index (χ2n) is 2.64. The minimum absolute atomic E-state index is 0.628. The van der Waals surface area contributed by atoms with Crippen LogP contribution in [0.3, 0.4) is 0 Å². The summed E-state index contributed by atoms with van der Waals surface area (Å²) in [4.78, 5) is 0. The molecule has 0 bridgehead atoms. The average molecular weight is 186 g/mol. The second-order valence-corrected chi connectivity index (χ2v) is 3.07. The second kappa shape index (κ2) is 5.14. The molecule has 0 amide bonds. The van der Waals surface area contributed by atoms with Crippen LogP contribution in [0.1, 0.15) is 12.0 Å². The molecule has 66 valence electrons. The van der Waals surface area contributed by atoms with Crippen LogP contribution in [0.2, 0.25) is 5.02 Å². The van der Waals surface area contributed by atoms with E-state index >= 15 is 0 Å². The van der Waals surface area contributed by atoms with Gasteiger partial charge >= 0.3 is 0 Å². The highest BCUT2D eigenvalue weighted by atomic mass is 35.5. The lowest BCUT2D eigenvalue weighted by atomic mass is 10.1. The molecular formula is C9H12ClNO. The topological polar surface area (TPSA) is 32.3 Å². The largest absolute Gasteiger partial charge is 0.317 e. The summed E-state index contributed by atoms with van der Waals surface area (Å²) in [6.07, 6.45) is 1.89. The fourth-order valence-electron chi connectivity index (χ4n) is 1.02. The first-order valence-corrected chi connectivity index (χ1v) is 4.32. The summed E-state index contributed by atoms with van der Waals surface area (Å²) in [5.74, 6) is 0. The molecule has 0 radical (unpaired) electrons. The zero-order valence-corrected chi connectivity index (χ0v) is 7.51. The molecule has 1 rings (SSSR count). The maximum atomic E-state index is 8.32. The summed E-state index contributed by atoms with van der Waals surface area (Å²) >= 11 is 5.72. The molecule has 0 aliphatic carbocycles. The summed E-state index contributed by atoms with van der Waals surface area (Å²) in [5, 5.41) is 9.08. The Morgan fingerprint density at radius 3 is 2.50 bits per heavy atom. The Bertz CT molecular complexity index is 222. The highest BCUT2D eigenvalue weighted by Crippen LogP contribution is 2.10. The van der Waals surface area contributed by atoms with Crippen molar-refractivity contribution in [2.75, 3.05) is 6.54 Å². The van der Waals surface area contributed by atoms with Gasteiger partial charge in [0.2, 0.25) is 0 Å². The first kappa shape index (κ1) is 9.52. The van der Waals surface area contributed by atoms with Crippen LogP contribution in [0.4, 0.5) is 0 Å². The van der Waals surface area contributed by atoms with Crippen LogP contribution in [0.15, 0.2) is 24.3 Å². The molecule has 0 aliphatic rings. The van der Waals surface area contributed by atoms with Crippen LogP contribution >= 0.6 is 11.6 Å². The van der Waals surface area contributed by atoms with Gasteiger partial charge in [0, 0.05) is 11.6 Å². The Balaban J connectivity index is 2.37. The van der Waals surface area contributed by atoms with E-state index in [0.717, 1.165) is 17.9 Å². The Hall–Kier alpha value is -0.570. The van der Waals surface area contributed by atoms with E-state index < -0.39 is 0 Å². The third-order valence-corrected chi connectivity index (χ3v) is 1.92. The van der Waals surface area contributed by atoms with Crippen LogP contribution in [-0.2, 0) is 6.42 Å². The lowest BCUT2D eigenvalue weighted by Gasteiger charge is -1.99. The summed E-state index contributed by atoms with van der Waals surface area (Å²) in [6, 6.07) is 7.76. The van der Waals surface area contributed by atoms with Crippen molar-refractivity contribution in [2.24, 2.45) is 0 Å². The van der Waals surface area contributed by atoms with Crippen molar-refractivity contribution in [1.29, 1.82) is 0 Å². The maximum absolute atomic E-state index is 8.32. The molecule has 0 saturated carbocycles. The predicted molar refractivity (Wildman–Crippen MR) is 49.6 cm³/mol. The van der Waals surface area contributed by atoms with Gasteiger partial charge in [0.15, 0.2) is 0 Å². The van der Waals surface area contributed by atoms with Crippen molar-refractivity contribution in [3.8, 4) is 0 Å². The van der Waals surface area contributed by atoms with Gasteiger partial charge in [-0.05, 0) is 30.5 Å². The van der Waals surface area contributed by atoms with Gasteiger partial charge in [0.25, 0.3) is 0 Å². The first-order valence-electron chi connectivity index (χ1n) is 3.94. The van der Waals surface area contributed by atoms with Gasteiger partial charge in [-0.3, -0.25) is 0 Å². The molecule has 2 N–H and O–H groups in total. The number of halogens is 1. The fraction of sp³-hybridized carbons (Fsp3) is 0.333. The quantitative estimate of drug-likeness (QED) is 0.557. The maximum Gasteiger partial charge on any atom is 0.0406 e. The van der Waals surface area contributed by atoms with E-state index in [1.165, 1.54) is 5.56 Å². The third-order valence-electron chi connectivity index (χ3n) is 1.67. The Morgan fingerprint density at radius 1 is 1.25 bits per heavy atom. The van der Waals surface area contributed by atoms with E-state index in [9.17, 15) is 0 Å². The minimum atomic E-state index is 0.628. The van der Waals surface area contributed by atoms with Crippen molar-refractivity contribution in [3.05, 3.63) is 34.9 Å². The summed E-state index contributed by atoms with van der Waals surface area (Å²) in [7, 11) is 0. The van der Waals surface area contributed by atoms with Gasteiger partial charge in [0.1, 0.15) is 0 Å². The smallest absolute Gasteiger partial charge is 0.0406 e. The highest BCUT2D eigenvalue weighted by Gasteiger charge is 1.92. The number of hydroxylamine groups is 1. The molecule has 3 heteroatoms. The van der Waals surface area contributed by atoms with Crippen molar-refractivity contribution in [3.63, 3.8) is 0 Å².